The van der Waals surface area contributed by atoms with E-state index in [2.05, 4.69) is 5.32 Å². The molecule has 4 rings (SSSR count). The summed E-state index contributed by atoms with van der Waals surface area (Å²) >= 11 is 0. The highest BCUT2D eigenvalue weighted by molar-refractivity contribution is 7.92. The second kappa shape index (κ2) is 15.0. The summed E-state index contributed by atoms with van der Waals surface area (Å²) in [6.45, 7) is 2.71. The zero-order chi connectivity index (χ0) is 32.6. The number of nitrogens with zero attached hydrogens (tertiary/aromatic N) is 3. The van der Waals surface area contributed by atoms with Crippen molar-refractivity contribution in [3.05, 3.63) is 94.0 Å². The van der Waals surface area contributed by atoms with E-state index in [0.717, 1.165) is 48.0 Å². The smallest absolute Gasteiger partial charge is 0.273 e. The first kappa shape index (κ1) is 33.4. The van der Waals surface area contributed by atoms with Crippen LogP contribution in [0.1, 0.15) is 50.2 Å². The van der Waals surface area contributed by atoms with Crippen LogP contribution in [0.25, 0.3) is 0 Å². The lowest BCUT2D eigenvalue weighted by molar-refractivity contribution is -0.385. The Morgan fingerprint density at radius 1 is 1.02 bits per heavy atom. The lowest BCUT2D eigenvalue weighted by Gasteiger charge is -2.33. The number of hydrogen-bond acceptors (Lipinski definition) is 7. The predicted octanol–water partition coefficient (Wildman–Crippen LogP) is 5.02. The zero-order valence-corrected chi connectivity index (χ0v) is 26.7. The summed E-state index contributed by atoms with van der Waals surface area (Å²) in [6, 6.07) is 18.5. The van der Waals surface area contributed by atoms with Crippen LogP contribution in [-0.2, 0) is 26.0 Å². The second-order valence-electron chi connectivity index (χ2n) is 11.3. The molecule has 2 amide bonds. The topological polar surface area (TPSA) is 139 Å². The van der Waals surface area contributed by atoms with Gasteiger partial charge in [0.2, 0.25) is 11.8 Å². The molecule has 1 aliphatic carbocycles. The van der Waals surface area contributed by atoms with Crippen molar-refractivity contribution >= 4 is 33.2 Å². The van der Waals surface area contributed by atoms with Crippen molar-refractivity contribution in [3.8, 4) is 5.75 Å². The summed E-state index contributed by atoms with van der Waals surface area (Å²) in [4.78, 5) is 39.6. The molecule has 240 valence electrons. The molecule has 1 aliphatic rings. The van der Waals surface area contributed by atoms with Crippen molar-refractivity contribution in [1.82, 2.24) is 10.2 Å². The number of methoxy groups -OCH3 is 1. The Morgan fingerprint density at radius 3 is 2.31 bits per heavy atom. The van der Waals surface area contributed by atoms with Crippen molar-refractivity contribution in [2.24, 2.45) is 0 Å². The Balaban J connectivity index is 1.69. The van der Waals surface area contributed by atoms with Crippen LogP contribution in [0.5, 0.6) is 5.75 Å². The van der Waals surface area contributed by atoms with Gasteiger partial charge in [0.05, 0.1) is 22.6 Å². The Morgan fingerprint density at radius 2 is 1.69 bits per heavy atom. The van der Waals surface area contributed by atoms with Gasteiger partial charge in [-0.3, -0.25) is 24.0 Å². The molecule has 1 N–H and O–H groups in total. The molecule has 1 saturated carbocycles. The van der Waals surface area contributed by atoms with Gasteiger partial charge in [0.1, 0.15) is 18.3 Å². The first-order chi connectivity index (χ1) is 21.5. The predicted molar refractivity (Wildman–Crippen MR) is 172 cm³/mol. The van der Waals surface area contributed by atoms with Crippen LogP contribution < -0.4 is 14.4 Å². The number of benzene rings is 3. The number of carbonyl (C=O) groups is 2. The van der Waals surface area contributed by atoms with Crippen molar-refractivity contribution in [3.63, 3.8) is 0 Å². The van der Waals surface area contributed by atoms with E-state index in [9.17, 15) is 28.1 Å². The fraction of sp³-hybridized carbons (Fsp3) is 0.394. The molecule has 0 saturated heterocycles. The number of hydrogen-bond donors (Lipinski definition) is 1. The minimum atomic E-state index is -4.47. The summed E-state index contributed by atoms with van der Waals surface area (Å²) in [5, 5.41) is 14.7. The highest BCUT2D eigenvalue weighted by Crippen LogP contribution is 2.29. The van der Waals surface area contributed by atoms with Crippen molar-refractivity contribution < 1.29 is 27.7 Å². The number of anilines is 1. The van der Waals surface area contributed by atoms with Crippen molar-refractivity contribution in [2.75, 3.05) is 24.5 Å². The number of amides is 2. The molecule has 1 unspecified atom stereocenters. The van der Waals surface area contributed by atoms with E-state index in [-0.39, 0.29) is 34.8 Å². The third kappa shape index (κ3) is 8.39. The average Bonchev–Trinajstić information content (AvgIpc) is 3.04. The summed E-state index contributed by atoms with van der Waals surface area (Å²) in [7, 11) is -3.00. The number of aryl methyl sites for hydroxylation is 1. The minimum Gasteiger partial charge on any atom is -0.497 e. The monoisotopic (exact) mass is 636 g/mol. The van der Waals surface area contributed by atoms with Gasteiger partial charge in [-0.25, -0.2) is 8.42 Å². The number of nitro groups is 1. The van der Waals surface area contributed by atoms with E-state index in [0.29, 0.717) is 17.7 Å². The van der Waals surface area contributed by atoms with Crippen LogP contribution in [0.2, 0.25) is 0 Å². The Labute approximate surface area is 264 Å². The Hall–Kier alpha value is -4.45. The molecule has 11 nitrogen and oxygen atoms in total. The minimum absolute atomic E-state index is 0.0354. The van der Waals surface area contributed by atoms with E-state index < -0.39 is 33.4 Å². The zero-order valence-electron chi connectivity index (χ0n) is 25.8. The molecule has 0 radical (unpaired) electrons. The lowest BCUT2D eigenvalue weighted by atomic mass is 9.95. The van der Waals surface area contributed by atoms with Crippen LogP contribution in [0.4, 0.5) is 11.4 Å². The molecule has 12 heteroatoms. The molecule has 0 spiro atoms. The van der Waals surface area contributed by atoms with Crippen LogP contribution in [-0.4, -0.2) is 62.3 Å². The normalized spacial score (nSPS) is 14.3. The molecule has 0 bridgehead atoms. The molecule has 0 heterocycles. The third-order valence-electron chi connectivity index (χ3n) is 8.21. The highest BCUT2D eigenvalue weighted by Gasteiger charge is 2.34. The van der Waals surface area contributed by atoms with E-state index in [1.54, 1.807) is 19.1 Å². The number of rotatable bonds is 13. The highest BCUT2D eigenvalue weighted by atomic mass is 32.2. The Bertz CT molecular complexity index is 1590. The maximum absolute atomic E-state index is 14.1. The van der Waals surface area contributed by atoms with Gasteiger partial charge < -0.3 is 15.0 Å². The first-order valence-corrected chi connectivity index (χ1v) is 16.5. The van der Waals surface area contributed by atoms with Gasteiger partial charge in [0, 0.05) is 24.2 Å². The molecule has 0 aliphatic heterocycles. The van der Waals surface area contributed by atoms with Crippen molar-refractivity contribution in [1.29, 1.82) is 0 Å². The van der Waals surface area contributed by atoms with Gasteiger partial charge in [0.15, 0.2) is 0 Å². The fourth-order valence-corrected chi connectivity index (χ4v) is 6.92. The summed E-state index contributed by atoms with van der Waals surface area (Å²) in [5.41, 5.74) is 1.07. The number of ether oxygens (including phenoxy) is 1. The maximum atomic E-state index is 14.1. The van der Waals surface area contributed by atoms with Gasteiger partial charge in [-0.2, -0.15) is 0 Å². The number of nitrogens with one attached hydrogen (secondary N) is 1. The van der Waals surface area contributed by atoms with Gasteiger partial charge in [-0.1, -0.05) is 55.7 Å². The van der Waals surface area contributed by atoms with Gasteiger partial charge in [-0.15, -0.1) is 0 Å². The first-order valence-electron chi connectivity index (χ1n) is 15.1. The van der Waals surface area contributed by atoms with Gasteiger partial charge in [0.25, 0.3) is 15.7 Å². The molecule has 3 aromatic rings. The number of nitro benzene ring substituents is 1. The molecule has 3 aromatic carbocycles. The summed E-state index contributed by atoms with van der Waals surface area (Å²) in [6.07, 6.45) is 5.39. The lowest BCUT2D eigenvalue weighted by Crippen LogP contribution is -2.53. The van der Waals surface area contributed by atoms with E-state index in [1.807, 2.05) is 30.3 Å². The quantitative estimate of drug-likeness (QED) is 0.205. The molecular weight excluding hydrogens is 596 g/mol. The molecule has 45 heavy (non-hydrogen) atoms. The Kier molecular flexibility index (Phi) is 11.2. The summed E-state index contributed by atoms with van der Waals surface area (Å²) < 4.78 is 34.3. The van der Waals surface area contributed by atoms with E-state index in [4.69, 9.17) is 4.74 Å². The van der Waals surface area contributed by atoms with Crippen molar-refractivity contribution in [2.45, 2.75) is 69.4 Å². The summed E-state index contributed by atoms with van der Waals surface area (Å²) in [5.74, 6) is -0.402. The molecular formula is C33H40N4O7S. The standard InChI is InChI=1S/C33H40N4O7S/c1-24-14-19-30(22-31(24)37(40)41)45(42,43)36(28-15-17-29(44-3)18-16-28)23-32(38)35(21-20-26-10-6-4-7-11-26)25(2)33(39)34-27-12-8-5-9-13-27/h4,6-7,10-11,14-19,22,25,27H,5,8-9,12-13,20-21,23H2,1-3H3,(H,34,39). The fourth-order valence-electron chi connectivity index (χ4n) is 5.49. The third-order valence-corrected chi connectivity index (χ3v) is 9.98. The van der Waals surface area contributed by atoms with Crippen LogP contribution in [0.3, 0.4) is 0 Å². The molecule has 0 aromatic heterocycles. The number of carbonyl (C=O) groups excluding carboxylic acids is 2. The average molecular weight is 637 g/mol. The van der Waals surface area contributed by atoms with Crippen LogP contribution in [0, 0.1) is 17.0 Å². The largest absolute Gasteiger partial charge is 0.497 e. The molecule has 1 atom stereocenters. The SMILES string of the molecule is COc1ccc(N(CC(=O)N(CCc2ccccc2)C(C)C(=O)NC2CCCCC2)S(=O)(=O)c2ccc(C)c([N+](=O)[O-])c2)cc1. The second-order valence-corrected chi connectivity index (χ2v) is 13.1. The van der Waals surface area contributed by atoms with Crippen LogP contribution >= 0.6 is 0 Å². The van der Waals surface area contributed by atoms with Gasteiger partial charge >= 0.3 is 0 Å². The van der Waals surface area contributed by atoms with Crippen LogP contribution in [0.15, 0.2) is 77.7 Å². The van der Waals surface area contributed by atoms with Gasteiger partial charge in [-0.05, 0) is 69.0 Å². The molecule has 1 fully saturated rings. The number of sulfonamides is 1. The maximum Gasteiger partial charge on any atom is 0.273 e. The van der Waals surface area contributed by atoms with E-state index in [1.165, 1.54) is 43.2 Å². The van der Waals surface area contributed by atoms with E-state index >= 15 is 0 Å².